The van der Waals surface area contributed by atoms with Crippen molar-refractivity contribution in [2.45, 2.75) is 32.4 Å². The monoisotopic (exact) mass is 314 g/mol. The molecule has 0 aromatic heterocycles. The van der Waals surface area contributed by atoms with Crippen LogP contribution in [0.2, 0.25) is 0 Å². The van der Waals surface area contributed by atoms with Gasteiger partial charge in [-0.2, -0.15) is 5.26 Å². The van der Waals surface area contributed by atoms with Crippen LogP contribution >= 0.6 is 0 Å². The molecule has 5 heteroatoms. The maximum absolute atomic E-state index is 12.5. The van der Waals surface area contributed by atoms with Crippen LogP contribution in [0.25, 0.3) is 0 Å². The Labute approximate surface area is 136 Å². The number of amides is 1. The van der Waals surface area contributed by atoms with Crippen molar-refractivity contribution in [3.63, 3.8) is 0 Å². The Kier molecular flexibility index (Phi) is 4.03. The molecule has 1 aliphatic carbocycles. The van der Waals surface area contributed by atoms with Gasteiger partial charge in [-0.15, -0.1) is 0 Å². The van der Waals surface area contributed by atoms with Crippen LogP contribution in [0.5, 0.6) is 5.75 Å². The lowest BCUT2D eigenvalue weighted by Gasteiger charge is -2.57. The van der Waals surface area contributed by atoms with Gasteiger partial charge >= 0.3 is 0 Å². The highest BCUT2D eigenvalue weighted by Gasteiger charge is 2.61. The van der Waals surface area contributed by atoms with E-state index in [0.717, 1.165) is 13.0 Å². The van der Waals surface area contributed by atoms with Crippen LogP contribution in [0.3, 0.4) is 0 Å². The molecule has 0 spiro atoms. The zero-order chi connectivity index (χ0) is 16.6. The molecule has 1 saturated carbocycles. The molecule has 23 heavy (non-hydrogen) atoms. The van der Waals surface area contributed by atoms with Gasteiger partial charge in [0.05, 0.1) is 11.7 Å². The number of nitrogens with zero attached hydrogens (tertiary/aromatic N) is 2. The summed E-state index contributed by atoms with van der Waals surface area (Å²) in [6, 6.07) is 9.20. The summed E-state index contributed by atoms with van der Waals surface area (Å²) in [5, 5.41) is 9.06. The van der Waals surface area contributed by atoms with Crippen LogP contribution in [0.4, 0.5) is 0 Å². The van der Waals surface area contributed by atoms with Crippen molar-refractivity contribution in [1.29, 1.82) is 5.26 Å². The van der Waals surface area contributed by atoms with E-state index in [0.29, 0.717) is 17.2 Å². The number of ether oxygens (including phenoxy) is 2. The second-order valence-corrected chi connectivity index (χ2v) is 6.91. The number of carbonyl (C=O) groups is 1. The van der Waals surface area contributed by atoms with Gasteiger partial charge in [-0.3, -0.25) is 4.79 Å². The maximum atomic E-state index is 12.5. The van der Waals surface area contributed by atoms with Crippen LogP contribution in [0, 0.1) is 22.7 Å². The Morgan fingerprint density at radius 1 is 1.48 bits per heavy atom. The average Bonchev–Trinajstić information content (AvgIpc) is 2.99. The number of carbonyl (C=O) groups excluding carboxylic acids is 1. The van der Waals surface area contributed by atoms with Crippen LogP contribution in [0.15, 0.2) is 24.3 Å². The Morgan fingerprint density at radius 3 is 2.96 bits per heavy atom. The van der Waals surface area contributed by atoms with E-state index in [1.807, 2.05) is 7.05 Å². The molecule has 3 atom stereocenters. The molecule has 3 rings (SSSR count). The van der Waals surface area contributed by atoms with Gasteiger partial charge in [-0.1, -0.05) is 26.0 Å². The normalized spacial score (nSPS) is 27.5. The summed E-state index contributed by atoms with van der Waals surface area (Å²) in [5.41, 5.74) is 0.409. The molecule has 1 amide bonds. The van der Waals surface area contributed by atoms with Crippen molar-refractivity contribution in [2.75, 3.05) is 20.3 Å². The lowest BCUT2D eigenvalue weighted by atomic mass is 9.57. The fourth-order valence-corrected chi connectivity index (χ4v) is 4.17. The summed E-state index contributed by atoms with van der Waals surface area (Å²) in [5.74, 6) is 0.804. The van der Waals surface area contributed by atoms with Crippen molar-refractivity contribution < 1.29 is 14.3 Å². The first-order valence-electron chi connectivity index (χ1n) is 7.96. The van der Waals surface area contributed by atoms with Gasteiger partial charge in [0.2, 0.25) is 0 Å². The largest absolute Gasteiger partial charge is 0.482 e. The number of rotatable bonds is 4. The highest BCUT2D eigenvalue weighted by atomic mass is 16.5. The second kappa shape index (κ2) is 5.86. The van der Waals surface area contributed by atoms with Gasteiger partial charge in [-0.05, 0) is 18.6 Å². The first-order valence-corrected chi connectivity index (χ1v) is 7.96. The highest BCUT2D eigenvalue weighted by molar-refractivity contribution is 5.78. The van der Waals surface area contributed by atoms with Crippen molar-refractivity contribution in [3.05, 3.63) is 29.8 Å². The molecule has 0 radical (unpaired) electrons. The molecule has 0 unspecified atom stereocenters. The molecule has 122 valence electrons. The van der Waals surface area contributed by atoms with Gasteiger partial charge in [0.15, 0.2) is 6.61 Å². The van der Waals surface area contributed by atoms with Gasteiger partial charge in [0.25, 0.3) is 5.91 Å². The first-order chi connectivity index (χ1) is 11.0. The Bertz CT molecular complexity index is 650. The molecule has 1 heterocycles. The highest BCUT2D eigenvalue weighted by Crippen LogP contribution is 2.54. The Hall–Kier alpha value is -2.06. The molecule has 2 fully saturated rings. The summed E-state index contributed by atoms with van der Waals surface area (Å²) in [6.45, 7) is 5.03. The summed E-state index contributed by atoms with van der Waals surface area (Å²) < 4.78 is 11.3. The van der Waals surface area contributed by atoms with E-state index < -0.39 is 0 Å². The molecule has 2 aliphatic rings. The molecule has 0 bridgehead atoms. The minimum atomic E-state index is -0.0684. The third-order valence-corrected chi connectivity index (χ3v) is 5.21. The number of para-hydroxylation sites is 1. The number of fused-ring (bicyclic) bond motifs is 1. The smallest absolute Gasteiger partial charge is 0.260 e. The van der Waals surface area contributed by atoms with Gasteiger partial charge < -0.3 is 14.4 Å². The van der Waals surface area contributed by atoms with Crippen LogP contribution < -0.4 is 4.74 Å². The first kappa shape index (κ1) is 15.8. The van der Waals surface area contributed by atoms with Gasteiger partial charge in [0.1, 0.15) is 11.8 Å². The predicted molar refractivity (Wildman–Crippen MR) is 84.8 cm³/mol. The van der Waals surface area contributed by atoms with Crippen molar-refractivity contribution in [3.8, 4) is 11.8 Å². The molecule has 5 nitrogen and oxygen atoms in total. The van der Waals surface area contributed by atoms with Crippen molar-refractivity contribution >= 4 is 5.91 Å². The van der Waals surface area contributed by atoms with E-state index in [1.54, 1.807) is 29.2 Å². The Balaban J connectivity index is 1.64. The van der Waals surface area contributed by atoms with E-state index in [-0.39, 0.29) is 30.1 Å². The fraction of sp³-hybridized carbons (Fsp3) is 0.556. The molecule has 1 aromatic rings. The van der Waals surface area contributed by atoms with E-state index >= 15 is 0 Å². The summed E-state index contributed by atoms with van der Waals surface area (Å²) in [6.07, 6.45) is 1.26. The van der Waals surface area contributed by atoms with Gasteiger partial charge in [0, 0.05) is 31.0 Å². The minimum Gasteiger partial charge on any atom is -0.482 e. The van der Waals surface area contributed by atoms with E-state index in [1.165, 1.54) is 0 Å². The third kappa shape index (κ3) is 2.57. The third-order valence-electron chi connectivity index (χ3n) is 5.21. The zero-order valence-corrected chi connectivity index (χ0v) is 13.8. The lowest BCUT2D eigenvalue weighted by Crippen LogP contribution is -2.67. The molecule has 1 saturated heterocycles. The lowest BCUT2D eigenvalue weighted by molar-refractivity contribution is -0.168. The van der Waals surface area contributed by atoms with Crippen LogP contribution in [-0.4, -0.2) is 43.2 Å². The molecule has 0 N–H and O–H groups in total. The molecule has 1 aromatic carbocycles. The van der Waals surface area contributed by atoms with Crippen LogP contribution in [0.1, 0.15) is 25.8 Å². The summed E-state index contributed by atoms with van der Waals surface area (Å²) >= 11 is 0. The quantitative estimate of drug-likeness (QED) is 0.855. The van der Waals surface area contributed by atoms with Crippen molar-refractivity contribution in [1.82, 2.24) is 4.90 Å². The summed E-state index contributed by atoms with van der Waals surface area (Å²) in [7, 11) is 1.84. The second-order valence-electron chi connectivity index (χ2n) is 6.91. The maximum Gasteiger partial charge on any atom is 0.260 e. The topological polar surface area (TPSA) is 62.6 Å². The minimum absolute atomic E-state index is 0.0316. The molecule has 1 aliphatic heterocycles. The average molecular weight is 314 g/mol. The van der Waals surface area contributed by atoms with Crippen LogP contribution in [-0.2, 0) is 9.53 Å². The number of nitriles is 1. The number of benzene rings is 1. The van der Waals surface area contributed by atoms with Gasteiger partial charge in [-0.25, -0.2) is 0 Å². The van der Waals surface area contributed by atoms with E-state index in [4.69, 9.17) is 14.7 Å². The fourth-order valence-electron chi connectivity index (χ4n) is 4.17. The Morgan fingerprint density at radius 2 is 2.22 bits per heavy atom. The van der Waals surface area contributed by atoms with E-state index in [2.05, 4.69) is 19.9 Å². The standard InChI is InChI=1S/C18H22N2O3/c1-18(2)16(13-8-9-22-17(13)18)20(3)15(21)11-23-14-7-5-4-6-12(14)10-19/h4-7,13,16-17H,8-9,11H2,1-3H3/t13-,16+,17+/m0/s1. The molecular formula is C18H22N2O3. The zero-order valence-electron chi connectivity index (χ0n) is 13.8. The summed E-state index contributed by atoms with van der Waals surface area (Å²) in [4.78, 5) is 14.3. The number of hydrogen-bond acceptors (Lipinski definition) is 4. The SMILES string of the molecule is CN(C(=O)COc1ccccc1C#N)[C@@H]1[C@@H]2CCO[C@H]2C1(C)C. The van der Waals surface area contributed by atoms with Crippen molar-refractivity contribution in [2.24, 2.45) is 11.3 Å². The van der Waals surface area contributed by atoms with E-state index in [9.17, 15) is 4.79 Å². The number of likely N-dealkylation sites (N-methyl/N-ethyl adjacent to an activating group) is 1. The molecular weight excluding hydrogens is 292 g/mol. The number of hydrogen-bond donors (Lipinski definition) is 0. The predicted octanol–water partition coefficient (Wildman–Crippen LogP) is 2.21.